The summed E-state index contributed by atoms with van der Waals surface area (Å²) in [5.74, 6) is 0.852. The van der Waals surface area contributed by atoms with Gasteiger partial charge in [-0.15, -0.1) is 5.10 Å². The molecule has 8 heteroatoms. The van der Waals surface area contributed by atoms with Crippen LogP contribution in [0.1, 0.15) is 42.5 Å². The molecule has 0 saturated carbocycles. The Hall–Kier alpha value is -3.55. The van der Waals surface area contributed by atoms with Crippen molar-refractivity contribution >= 4 is 11.6 Å². The van der Waals surface area contributed by atoms with E-state index in [2.05, 4.69) is 15.6 Å². The number of carbonyl (C=O) groups excluding carboxylic acids is 1. The maximum atomic E-state index is 12.9. The summed E-state index contributed by atoms with van der Waals surface area (Å²) in [5, 5.41) is 21.0. The van der Waals surface area contributed by atoms with E-state index in [1.807, 2.05) is 26.8 Å². The van der Waals surface area contributed by atoms with Gasteiger partial charge in [0.05, 0.1) is 19.9 Å². The minimum absolute atomic E-state index is 0.0826. The lowest BCUT2D eigenvalue weighted by Crippen LogP contribution is -2.16. The zero-order valence-corrected chi connectivity index (χ0v) is 18.0. The van der Waals surface area contributed by atoms with Gasteiger partial charge in [-0.05, 0) is 42.2 Å². The Kier molecular flexibility index (Phi) is 5.69. The molecule has 0 aliphatic rings. The fourth-order valence-corrected chi connectivity index (χ4v) is 3.04. The number of anilines is 1. The van der Waals surface area contributed by atoms with Crippen LogP contribution >= 0.6 is 0 Å². The van der Waals surface area contributed by atoms with Gasteiger partial charge in [-0.3, -0.25) is 4.79 Å². The van der Waals surface area contributed by atoms with E-state index in [0.717, 1.165) is 5.56 Å². The lowest BCUT2D eigenvalue weighted by atomic mass is 9.86. The fourth-order valence-electron chi connectivity index (χ4n) is 3.04. The van der Waals surface area contributed by atoms with Crippen molar-refractivity contribution in [3.8, 4) is 22.9 Å². The maximum absolute atomic E-state index is 12.9. The molecule has 0 fully saturated rings. The number of hydrogen-bond acceptors (Lipinski definition) is 6. The zero-order chi connectivity index (χ0) is 22.1. The summed E-state index contributed by atoms with van der Waals surface area (Å²) in [7, 11) is 3.12. The molecule has 30 heavy (non-hydrogen) atoms. The molecule has 0 unspecified atom stereocenters. The van der Waals surface area contributed by atoms with Crippen LogP contribution in [-0.2, 0) is 5.41 Å². The lowest BCUT2D eigenvalue weighted by molar-refractivity contribution is 0.102. The highest BCUT2D eigenvalue weighted by Crippen LogP contribution is 2.30. The number of nitrogens with zero attached hydrogens (tertiary/aromatic N) is 3. The van der Waals surface area contributed by atoms with E-state index >= 15 is 0 Å². The monoisotopic (exact) mass is 410 g/mol. The lowest BCUT2D eigenvalue weighted by Gasteiger charge is -2.20. The SMILES string of the molecule is COc1ccc(OC)c(-n2nnc(C(=O)Nc3cc(O)cc(C(C)(C)C)c3)c2C)c1. The van der Waals surface area contributed by atoms with Gasteiger partial charge in [-0.25, -0.2) is 4.68 Å². The molecule has 0 aliphatic carbocycles. The van der Waals surface area contributed by atoms with Crippen LogP contribution < -0.4 is 14.8 Å². The average molecular weight is 410 g/mol. The third kappa shape index (κ3) is 4.22. The highest BCUT2D eigenvalue weighted by Gasteiger charge is 2.21. The highest BCUT2D eigenvalue weighted by atomic mass is 16.5. The Labute approximate surface area is 175 Å². The number of hydrogen-bond donors (Lipinski definition) is 2. The number of aromatic nitrogens is 3. The molecule has 2 N–H and O–H groups in total. The van der Waals surface area contributed by atoms with Crippen molar-refractivity contribution in [2.75, 3.05) is 19.5 Å². The molecule has 1 heterocycles. The molecule has 0 saturated heterocycles. The Balaban J connectivity index is 1.94. The van der Waals surface area contributed by atoms with Crippen molar-refractivity contribution in [1.82, 2.24) is 15.0 Å². The molecule has 0 aliphatic heterocycles. The van der Waals surface area contributed by atoms with Gasteiger partial charge in [0.25, 0.3) is 5.91 Å². The van der Waals surface area contributed by atoms with E-state index in [4.69, 9.17) is 9.47 Å². The first kappa shape index (κ1) is 21.2. The average Bonchev–Trinajstić information content (AvgIpc) is 3.07. The van der Waals surface area contributed by atoms with E-state index in [1.54, 1.807) is 45.4 Å². The third-order valence-electron chi connectivity index (χ3n) is 4.77. The standard InChI is InChI=1S/C22H26N4O4/c1-13-20(21(28)23-15-9-14(22(2,3)4)10-16(27)11-15)24-25-26(13)18-12-17(29-5)7-8-19(18)30-6/h7-12,27H,1-6H3,(H,23,28). The summed E-state index contributed by atoms with van der Waals surface area (Å²) in [5.41, 5.74) is 2.52. The van der Waals surface area contributed by atoms with Crippen molar-refractivity contribution in [1.29, 1.82) is 0 Å². The summed E-state index contributed by atoms with van der Waals surface area (Å²) in [6.07, 6.45) is 0. The molecular formula is C22H26N4O4. The van der Waals surface area contributed by atoms with Gasteiger partial charge >= 0.3 is 0 Å². The quantitative estimate of drug-likeness (QED) is 0.663. The first-order valence-corrected chi connectivity index (χ1v) is 9.44. The van der Waals surface area contributed by atoms with Crippen LogP contribution in [0.4, 0.5) is 5.69 Å². The molecule has 0 bridgehead atoms. The van der Waals surface area contributed by atoms with Crippen LogP contribution in [0.25, 0.3) is 5.69 Å². The summed E-state index contributed by atoms with van der Waals surface area (Å²) >= 11 is 0. The van der Waals surface area contributed by atoms with E-state index < -0.39 is 5.91 Å². The number of rotatable bonds is 5. The third-order valence-corrected chi connectivity index (χ3v) is 4.77. The van der Waals surface area contributed by atoms with Crippen molar-refractivity contribution < 1.29 is 19.4 Å². The predicted molar refractivity (Wildman–Crippen MR) is 114 cm³/mol. The topological polar surface area (TPSA) is 98.5 Å². The second kappa shape index (κ2) is 8.06. The molecule has 2 aromatic carbocycles. The molecule has 1 aromatic heterocycles. The van der Waals surface area contributed by atoms with Crippen molar-refractivity contribution in [3.63, 3.8) is 0 Å². The van der Waals surface area contributed by atoms with Crippen LogP contribution in [0.15, 0.2) is 36.4 Å². The summed E-state index contributed by atoms with van der Waals surface area (Å²) in [4.78, 5) is 12.9. The number of carbonyl (C=O) groups is 1. The van der Waals surface area contributed by atoms with E-state index in [-0.39, 0.29) is 16.9 Å². The Morgan fingerprint density at radius 3 is 2.47 bits per heavy atom. The second-order valence-corrected chi connectivity index (χ2v) is 7.95. The number of nitrogens with one attached hydrogen (secondary N) is 1. The van der Waals surface area contributed by atoms with Crippen molar-refractivity contribution in [2.24, 2.45) is 0 Å². The molecule has 0 spiro atoms. The molecule has 3 aromatic rings. The van der Waals surface area contributed by atoms with E-state index in [1.165, 1.54) is 10.7 Å². The van der Waals surface area contributed by atoms with Crippen LogP contribution in [0.5, 0.6) is 17.2 Å². The molecule has 0 atom stereocenters. The van der Waals surface area contributed by atoms with E-state index in [9.17, 15) is 9.90 Å². The van der Waals surface area contributed by atoms with Gasteiger partial charge in [0, 0.05) is 17.8 Å². The minimum Gasteiger partial charge on any atom is -0.508 e. The van der Waals surface area contributed by atoms with Gasteiger partial charge in [0.15, 0.2) is 5.69 Å². The number of amides is 1. The Bertz CT molecular complexity index is 1080. The maximum Gasteiger partial charge on any atom is 0.278 e. The minimum atomic E-state index is -0.425. The largest absolute Gasteiger partial charge is 0.508 e. The molecular weight excluding hydrogens is 384 g/mol. The number of aromatic hydroxyl groups is 1. The second-order valence-electron chi connectivity index (χ2n) is 7.95. The molecule has 3 rings (SSSR count). The Morgan fingerprint density at radius 1 is 1.10 bits per heavy atom. The number of benzene rings is 2. The number of ether oxygens (including phenoxy) is 2. The number of methoxy groups -OCH3 is 2. The van der Waals surface area contributed by atoms with Gasteiger partial charge in [0.1, 0.15) is 22.9 Å². The van der Waals surface area contributed by atoms with Gasteiger partial charge in [-0.1, -0.05) is 26.0 Å². The molecule has 8 nitrogen and oxygen atoms in total. The molecule has 1 amide bonds. The summed E-state index contributed by atoms with van der Waals surface area (Å²) < 4.78 is 12.2. The summed E-state index contributed by atoms with van der Waals surface area (Å²) in [6, 6.07) is 10.3. The van der Waals surface area contributed by atoms with Gasteiger partial charge in [-0.2, -0.15) is 0 Å². The first-order valence-electron chi connectivity index (χ1n) is 9.44. The zero-order valence-electron chi connectivity index (χ0n) is 18.0. The van der Waals surface area contributed by atoms with E-state index in [0.29, 0.717) is 28.6 Å². The smallest absolute Gasteiger partial charge is 0.278 e. The fraction of sp³-hybridized carbons (Fsp3) is 0.318. The molecule has 158 valence electrons. The van der Waals surface area contributed by atoms with Crippen molar-refractivity contribution in [2.45, 2.75) is 33.1 Å². The normalized spacial score (nSPS) is 11.3. The highest BCUT2D eigenvalue weighted by molar-refractivity contribution is 6.03. The van der Waals surface area contributed by atoms with Crippen molar-refractivity contribution in [3.05, 3.63) is 53.3 Å². The number of phenolic OH excluding ortho intramolecular Hbond substituents is 1. The van der Waals surface area contributed by atoms with Gasteiger partial charge < -0.3 is 19.9 Å². The van der Waals surface area contributed by atoms with Crippen LogP contribution in [0, 0.1) is 6.92 Å². The predicted octanol–water partition coefficient (Wildman–Crippen LogP) is 3.85. The summed E-state index contributed by atoms with van der Waals surface area (Å²) in [6.45, 7) is 7.84. The molecule has 0 radical (unpaired) electrons. The Morgan fingerprint density at radius 2 is 1.83 bits per heavy atom. The number of phenols is 1. The van der Waals surface area contributed by atoms with Crippen LogP contribution in [0.3, 0.4) is 0 Å². The van der Waals surface area contributed by atoms with Crippen LogP contribution in [0.2, 0.25) is 0 Å². The van der Waals surface area contributed by atoms with Crippen LogP contribution in [-0.4, -0.2) is 40.2 Å². The first-order chi connectivity index (χ1) is 14.1. The van der Waals surface area contributed by atoms with Gasteiger partial charge in [0.2, 0.25) is 0 Å².